The lowest BCUT2D eigenvalue weighted by atomic mass is 9.70. The second-order valence-electron chi connectivity index (χ2n) is 6.34. The monoisotopic (exact) mass is 195 g/mol. The van der Waals surface area contributed by atoms with E-state index in [0.717, 1.165) is 11.8 Å². The van der Waals surface area contributed by atoms with Gasteiger partial charge in [0.1, 0.15) is 0 Å². The molecular formula is C13H25N. The number of nitrogens with two attached hydrogens (primary N) is 1. The largest absolute Gasteiger partial charge is 0.327 e. The van der Waals surface area contributed by atoms with Gasteiger partial charge in [-0.25, -0.2) is 0 Å². The standard InChI is InChI=1S/C13H25N/c1-13(2)7-5-11(6-8-13)12(14)9-10-3-4-10/h10-12H,3-9,14H2,1-2H3. The molecule has 2 N–H and O–H groups in total. The summed E-state index contributed by atoms with van der Waals surface area (Å²) in [5.41, 5.74) is 6.87. The van der Waals surface area contributed by atoms with Gasteiger partial charge in [0, 0.05) is 6.04 Å². The van der Waals surface area contributed by atoms with E-state index in [1.807, 2.05) is 0 Å². The molecule has 0 heterocycles. The van der Waals surface area contributed by atoms with Crippen molar-refractivity contribution in [2.45, 2.75) is 64.8 Å². The highest BCUT2D eigenvalue weighted by atomic mass is 14.7. The molecule has 0 aromatic carbocycles. The Morgan fingerprint density at radius 2 is 1.71 bits per heavy atom. The highest BCUT2D eigenvalue weighted by molar-refractivity contribution is 4.87. The fourth-order valence-electron chi connectivity index (χ4n) is 2.78. The van der Waals surface area contributed by atoms with Crippen LogP contribution in [-0.2, 0) is 0 Å². The van der Waals surface area contributed by atoms with Gasteiger partial charge < -0.3 is 5.73 Å². The van der Waals surface area contributed by atoms with Crippen molar-refractivity contribution in [3.63, 3.8) is 0 Å². The van der Waals surface area contributed by atoms with Crippen LogP contribution in [0.15, 0.2) is 0 Å². The minimum absolute atomic E-state index is 0.513. The van der Waals surface area contributed by atoms with Crippen LogP contribution in [0.2, 0.25) is 0 Å². The van der Waals surface area contributed by atoms with E-state index in [1.165, 1.54) is 44.9 Å². The predicted molar refractivity (Wildman–Crippen MR) is 61.1 cm³/mol. The zero-order chi connectivity index (χ0) is 10.2. The molecule has 1 unspecified atom stereocenters. The minimum atomic E-state index is 0.513. The summed E-state index contributed by atoms with van der Waals surface area (Å²) in [6, 6.07) is 0.513. The van der Waals surface area contributed by atoms with Crippen LogP contribution in [0.1, 0.15) is 58.8 Å². The average Bonchev–Trinajstić information content (AvgIpc) is 2.88. The Hall–Kier alpha value is -0.0400. The highest BCUT2D eigenvalue weighted by Crippen LogP contribution is 2.41. The molecule has 2 rings (SSSR count). The zero-order valence-electron chi connectivity index (χ0n) is 9.76. The summed E-state index contributed by atoms with van der Waals surface area (Å²) >= 11 is 0. The molecule has 0 spiro atoms. The van der Waals surface area contributed by atoms with Crippen molar-refractivity contribution < 1.29 is 0 Å². The molecule has 2 aliphatic rings. The van der Waals surface area contributed by atoms with Crippen LogP contribution in [-0.4, -0.2) is 6.04 Å². The van der Waals surface area contributed by atoms with Crippen molar-refractivity contribution in [2.75, 3.05) is 0 Å². The molecule has 0 bridgehead atoms. The Kier molecular flexibility index (Phi) is 2.88. The van der Waals surface area contributed by atoms with Crippen molar-refractivity contribution in [2.24, 2.45) is 23.0 Å². The maximum Gasteiger partial charge on any atom is 0.00698 e. The Bertz CT molecular complexity index is 183. The first-order valence-corrected chi connectivity index (χ1v) is 6.32. The molecule has 0 aromatic rings. The summed E-state index contributed by atoms with van der Waals surface area (Å²) in [6.45, 7) is 4.80. The van der Waals surface area contributed by atoms with Gasteiger partial charge in [0.25, 0.3) is 0 Å². The maximum absolute atomic E-state index is 6.28. The van der Waals surface area contributed by atoms with Crippen molar-refractivity contribution in [3.05, 3.63) is 0 Å². The predicted octanol–water partition coefficient (Wildman–Crippen LogP) is 3.33. The summed E-state index contributed by atoms with van der Waals surface area (Å²) in [4.78, 5) is 0. The lowest BCUT2D eigenvalue weighted by Crippen LogP contribution is -2.35. The average molecular weight is 195 g/mol. The van der Waals surface area contributed by atoms with Crippen LogP contribution in [0, 0.1) is 17.3 Å². The summed E-state index contributed by atoms with van der Waals surface area (Å²) in [5.74, 6) is 1.84. The molecule has 2 saturated carbocycles. The Labute approximate surface area is 88.4 Å². The van der Waals surface area contributed by atoms with Gasteiger partial charge in [-0.1, -0.05) is 26.7 Å². The number of rotatable bonds is 3. The number of hydrogen-bond acceptors (Lipinski definition) is 1. The molecule has 2 aliphatic carbocycles. The minimum Gasteiger partial charge on any atom is -0.327 e. The van der Waals surface area contributed by atoms with E-state index < -0.39 is 0 Å². The van der Waals surface area contributed by atoms with Crippen LogP contribution >= 0.6 is 0 Å². The van der Waals surface area contributed by atoms with Crippen molar-refractivity contribution >= 4 is 0 Å². The normalized spacial score (nSPS) is 30.2. The summed E-state index contributed by atoms with van der Waals surface area (Å²) in [6.07, 6.45) is 9.73. The van der Waals surface area contributed by atoms with Crippen molar-refractivity contribution in [1.29, 1.82) is 0 Å². The van der Waals surface area contributed by atoms with Crippen LogP contribution < -0.4 is 5.73 Å². The van der Waals surface area contributed by atoms with E-state index in [1.54, 1.807) is 0 Å². The third kappa shape index (κ3) is 2.73. The molecule has 0 amide bonds. The second kappa shape index (κ2) is 3.84. The van der Waals surface area contributed by atoms with Gasteiger partial charge in [0.2, 0.25) is 0 Å². The lowest BCUT2D eigenvalue weighted by Gasteiger charge is -2.36. The Morgan fingerprint density at radius 1 is 1.14 bits per heavy atom. The topological polar surface area (TPSA) is 26.0 Å². The van der Waals surface area contributed by atoms with Gasteiger partial charge in [-0.15, -0.1) is 0 Å². The fourth-order valence-corrected chi connectivity index (χ4v) is 2.78. The fraction of sp³-hybridized carbons (Fsp3) is 1.00. The van der Waals surface area contributed by atoms with Gasteiger partial charge in [-0.05, 0) is 49.4 Å². The van der Waals surface area contributed by atoms with Crippen LogP contribution in [0.25, 0.3) is 0 Å². The SMILES string of the molecule is CC1(C)CCC(C(N)CC2CC2)CC1. The van der Waals surface area contributed by atoms with Gasteiger partial charge in [0.15, 0.2) is 0 Å². The summed E-state index contributed by atoms with van der Waals surface area (Å²) < 4.78 is 0. The first kappa shape index (κ1) is 10.5. The Morgan fingerprint density at radius 3 is 2.21 bits per heavy atom. The summed E-state index contributed by atoms with van der Waals surface area (Å²) in [7, 11) is 0. The van der Waals surface area contributed by atoms with Gasteiger partial charge >= 0.3 is 0 Å². The lowest BCUT2D eigenvalue weighted by molar-refractivity contribution is 0.168. The second-order valence-corrected chi connectivity index (χ2v) is 6.34. The molecule has 0 radical (unpaired) electrons. The quantitative estimate of drug-likeness (QED) is 0.734. The molecule has 0 saturated heterocycles. The molecule has 1 atom stereocenters. The van der Waals surface area contributed by atoms with E-state index in [-0.39, 0.29) is 0 Å². The van der Waals surface area contributed by atoms with Crippen LogP contribution in [0.3, 0.4) is 0 Å². The number of hydrogen-bond donors (Lipinski definition) is 1. The third-order valence-corrected chi connectivity index (χ3v) is 4.29. The van der Waals surface area contributed by atoms with Crippen LogP contribution in [0.5, 0.6) is 0 Å². The van der Waals surface area contributed by atoms with Gasteiger partial charge in [-0.2, -0.15) is 0 Å². The van der Waals surface area contributed by atoms with E-state index in [4.69, 9.17) is 5.73 Å². The molecule has 0 aromatic heterocycles. The molecule has 1 nitrogen and oxygen atoms in total. The highest BCUT2D eigenvalue weighted by Gasteiger charge is 2.32. The smallest absolute Gasteiger partial charge is 0.00698 e. The van der Waals surface area contributed by atoms with E-state index in [9.17, 15) is 0 Å². The van der Waals surface area contributed by atoms with Gasteiger partial charge in [-0.3, -0.25) is 0 Å². The molecule has 82 valence electrons. The molecular weight excluding hydrogens is 170 g/mol. The van der Waals surface area contributed by atoms with Crippen molar-refractivity contribution in [1.82, 2.24) is 0 Å². The Balaban J connectivity index is 1.75. The maximum atomic E-state index is 6.28. The summed E-state index contributed by atoms with van der Waals surface area (Å²) in [5, 5.41) is 0. The van der Waals surface area contributed by atoms with Gasteiger partial charge in [0.05, 0.1) is 0 Å². The first-order chi connectivity index (χ1) is 6.57. The zero-order valence-corrected chi connectivity index (χ0v) is 9.76. The first-order valence-electron chi connectivity index (χ1n) is 6.32. The molecule has 0 aliphatic heterocycles. The van der Waals surface area contributed by atoms with E-state index in [2.05, 4.69) is 13.8 Å². The van der Waals surface area contributed by atoms with Crippen molar-refractivity contribution in [3.8, 4) is 0 Å². The third-order valence-electron chi connectivity index (χ3n) is 4.29. The molecule has 1 heteroatoms. The van der Waals surface area contributed by atoms with E-state index in [0.29, 0.717) is 11.5 Å². The molecule has 14 heavy (non-hydrogen) atoms. The van der Waals surface area contributed by atoms with Crippen LogP contribution in [0.4, 0.5) is 0 Å². The molecule has 2 fully saturated rings. The van der Waals surface area contributed by atoms with E-state index >= 15 is 0 Å².